The van der Waals surface area contributed by atoms with E-state index in [9.17, 15) is 0 Å². The lowest BCUT2D eigenvalue weighted by Gasteiger charge is -2.29. The Labute approximate surface area is 130 Å². The van der Waals surface area contributed by atoms with Gasteiger partial charge in [0.05, 0.1) is 11.6 Å². The van der Waals surface area contributed by atoms with Gasteiger partial charge in [-0.25, -0.2) is 9.97 Å². The molecule has 1 N–H and O–H groups in total. The summed E-state index contributed by atoms with van der Waals surface area (Å²) in [5, 5.41) is 4.08. The molecule has 5 nitrogen and oxygen atoms in total. The fourth-order valence-electron chi connectivity index (χ4n) is 2.48. The van der Waals surface area contributed by atoms with Crippen molar-refractivity contribution in [2.75, 3.05) is 11.4 Å². The van der Waals surface area contributed by atoms with Crippen molar-refractivity contribution in [3.63, 3.8) is 0 Å². The van der Waals surface area contributed by atoms with E-state index in [1.54, 1.807) is 0 Å². The topological polar surface area (TPSA) is 46.0 Å². The molecule has 3 rings (SSSR count). The van der Waals surface area contributed by atoms with Gasteiger partial charge in [0.1, 0.15) is 11.6 Å². The number of halogens is 1. The van der Waals surface area contributed by atoms with E-state index in [4.69, 9.17) is 11.6 Å². The van der Waals surface area contributed by atoms with Crippen LogP contribution in [0.15, 0.2) is 24.7 Å². The Hall–Kier alpha value is -1.59. The van der Waals surface area contributed by atoms with Crippen molar-refractivity contribution in [3.05, 3.63) is 41.1 Å². The number of rotatable bonds is 4. The molecule has 0 radical (unpaired) electrons. The molecule has 1 aliphatic heterocycles. The summed E-state index contributed by atoms with van der Waals surface area (Å²) in [4.78, 5) is 11.1. The van der Waals surface area contributed by atoms with Crippen molar-refractivity contribution in [2.45, 2.75) is 39.5 Å². The molecule has 0 aliphatic carbocycles. The molecular weight excluding hydrogens is 286 g/mol. The summed E-state index contributed by atoms with van der Waals surface area (Å²) in [5.41, 5.74) is 1.11. The van der Waals surface area contributed by atoms with Gasteiger partial charge in [0.25, 0.3) is 0 Å². The molecular formula is C15H20ClN5. The number of fused-ring (bicyclic) bond motifs is 1. The quantitative estimate of drug-likeness (QED) is 0.942. The smallest absolute Gasteiger partial charge is 0.147 e. The van der Waals surface area contributed by atoms with E-state index < -0.39 is 0 Å². The summed E-state index contributed by atoms with van der Waals surface area (Å²) in [6.45, 7) is 7.61. The van der Waals surface area contributed by atoms with E-state index in [1.165, 1.54) is 0 Å². The molecule has 2 aromatic rings. The van der Waals surface area contributed by atoms with Crippen molar-refractivity contribution >= 4 is 17.4 Å². The third kappa shape index (κ3) is 3.19. The van der Waals surface area contributed by atoms with Crippen LogP contribution < -0.4 is 10.2 Å². The SMILES string of the molecule is CC(C)NCc1cnc(N2CCn3ccnc3C2)c(Cl)c1. The molecule has 3 heterocycles. The molecule has 0 amide bonds. The number of hydrogen-bond acceptors (Lipinski definition) is 4. The highest BCUT2D eigenvalue weighted by Gasteiger charge is 2.20. The lowest BCUT2D eigenvalue weighted by molar-refractivity contribution is 0.555. The molecule has 21 heavy (non-hydrogen) atoms. The second kappa shape index (κ2) is 6.03. The minimum absolute atomic E-state index is 0.449. The van der Waals surface area contributed by atoms with Crippen LogP contribution in [0.1, 0.15) is 25.2 Å². The van der Waals surface area contributed by atoms with Crippen molar-refractivity contribution in [1.82, 2.24) is 19.9 Å². The van der Waals surface area contributed by atoms with Crippen molar-refractivity contribution < 1.29 is 0 Å². The number of hydrogen-bond donors (Lipinski definition) is 1. The number of imidazole rings is 1. The van der Waals surface area contributed by atoms with Gasteiger partial charge in [-0.1, -0.05) is 25.4 Å². The Kier molecular flexibility index (Phi) is 4.12. The fourth-order valence-corrected chi connectivity index (χ4v) is 2.78. The Bertz CT molecular complexity index is 622. The standard InChI is InChI=1S/C15H20ClN5/c1-11(2)18-8-12-7-13(16)15(19-9-12)21-6-5-20-4-3-17-14(20)10-21/h3-4,7,9,11,18H,5-6,8,10H2,1-2H3. The fraction of sp³-hybridized carbons (Fsp3) is 0.467. The van der Waals surface area contributed by atoms with Gasteiger partial charge in [-0.3, -0.25) is 0 Å². The van der Waals surface area contributed by atoms with Gasteiger partial charge in [-0.15, -0.1) is 0 Å². The first-order valence-corrected chi connectivity index (χ1v) is 7.64. The lowest BCUT2D eigenvalue weighted by atomic mass is 10.2. The van der Waals surface area contributed by atoms with E-state index in [0.29, 0.717) is 11.1 Å². The zero-order valence-electron chi connectivity index (χ0n) is 12.4. The van der Waals surface area contributed by atoms with E-state index >= 15 is 0 Å². The van der Waals surface area contributed by atoms with Gasteiger partial charge in [-0.05, 0) is 11.6 Å². The summed E-state index contributed by atoms with van der Waals surface area (Å²) in [6, 6.07) is 2.45. The summed E-state index contributed by atoms with van der Waals surface area (Å²) in [5.74, 6) is 1.91. The first-order valence-electron chi connectivity index (χ1n) is 7.26. The Balaban J connectivity index is 1.74. The molecule has 6 heteroatoms. The third-order valence-electron chi connectivity index (χ3n) is 3.64. The highest BCUT2D eigenvalue weighted by Crippen LogP contribution is 2.27. The zero-order valence-corrected chi connectivity index (χ0v) is 13.1. The van der Waals surface area contributed by atoms with E-state index in [2.05, 4.69) is 38.6 Å². The number of aromatic nitrogens is 3. The molecule has 0 unspecified atom stereocenters. The Morgan fingerprint density at radius 2 is 2.19 bits per heavy atom. The first-order chi connectivity index (χ1) is 10.1. The largest absolute Gasteiger partial charge is 0.346 e. The molecule has 0 bridgehead atoms. The lowest BCUT2D eigenvalue weighted by Crippen LogP contribution is -2.34. The molecule has 0 saturated heterocycles. The van der Waals surface area contributed by atoms with Crippen LogP contribution in [0, 0.1) is 0 Å². The molecule has 0 fully saturated rings. The van der Waals surface area contributed by atoms with E-state index in [0.717, 1.165) is 43.4 Å². The number of anilines is 1. The van der Waals surface area contributed by atoms with Gasteiger partial charge >= 0.3 is 0 Å². The zero-order chi connectivity index (χ0) is 14.8. The minimum atomic E-state index is 0.449. The van der Waals surface area contributed by atoms with Crippen LogP contribution in [0.5, 0.6) is 0 Å². The number of pyridine rings is 1. The monoisotopic (exact) mass is 305 g/mol. The summed E-state index contributed by atoms with van der Waals surface area (Å²) in [6.07, 6.45) is 5.76. The van der Waals surface area contributed by atoms with Crippen molar-refractivity contribution in [3.8, 4) is 0 Å². The predicted octanol–water partition coefficient (Wildman–Crippen LogP) is 2.45. The van der Waals surface area contributed by atoms with Crippen LogP contribution >= 0.6 is 11.6 Å². The molecule has 1 aliphatic rings. The summed E-state index contributed by atoms with van der Waals surface area (Å²) < 4.78 is 2.17. The first kappa shape index (κ1) is 14.4. The second-order valence-electron chi connectivity index (χ2n) is 5.64. The Morgan fingerprint density at radius 3 is 2.95 bits per heavy atom. The molecule has 0 atom stereocenters. The average molecular weight is 306 g/mol. The van der Waals surface area contributed by atoms with Crippen LogP contribution in [0.2, 0.25) is 5.02 Å². The number of nitrogens with zero attached hydrogens (tertiary/aromatic N) is 4. The normalized spacial score (nSPS) is 14.6. The maximum Gasteiger partial charge on any atom is 0.147 e. The Morgan fingerprint density at radius 1 is 1.33 bits per heavy atom. The van der Waals surface area contributed by atoms with Crippen LogP contribution in [0.3, 0.4) is 0 Å². The molecule has 2 aromatic heterocycles. The van der Waals surface area contributed by atoms with Crippen molar-refractivity contribution in [1.29, 1.82) is 0 Å². The summed E-state index contributed by atoms with van der Waals surface area (Å²) >= 11 is 6.42. The van der Waals surface area contributed by atoms with Crippen LogP contribution in [-0.4, -0.2) is 27.1 Å². The maximum atomic E-state index is 6.42. The molecule has 0 aromatic carbocycles. The van der Waals surface area contributed by atoms with E-state index in [-0.39, 0.29) is 0 Å². The van der Waals surface area contributed by atoms with Gasteiger partial charge in [0.2, 0.25) is 0 Å². The summed E-state index contributed by atoms with van der Waals surface area (Å²) in [7, 11) is 0. The molecule has 0 saturated carbocycles. The van der Waals surface area contributed by atoms with Crippen LogP contribution in [-0.2, 0) is 19.6 Å². The second-order valence-corrected chi connectivity index (χ2v) is 6.05. The third-order valence-corrected chi connectivity index (χ3v) is 3.92. The predicted molar refractivity (Wildman–Crippen MR) is 84.5 cm³/mol. The van der Waals surface area contributed by atoms with Crippen LogP contribution in [0.4, 0.5) is 5.82 Å². The average Bonchev–Trinajstić information content (AvgIpc) is 2.92. The highest BCUT2D eigenvalue weighted by molar-refractivity contribution is 6.33. The van der Waals surface area contributed by atoms with Gasteiger partial charge in [0.15, 0.2) is 0 Å². The highest BCUT2D eigenvalue weighted by atomic mass is 35.5. The maximum absolute atomic E-state index is 6.42. The van der Waals surface area contributed by atoms with Gasteiger partial charge < -0.3 is 14.8 Å². The molecule has 112 valence electrons. The molecule has 0 spiro atoms. The number of nitrogens with one attached hydrogen (secondary N) is 1. The van der Waals surface area contributed by atoms with Crippen molar-refractivity contribution in [2.24, 2.45) is 0 Å². The van der Waals surface area contributed by atoms with Gasteiger partial charge in [-0.2, -0.15) is 0 Å². The van der Waals surface area contributed by atoms with Gasteiger partial charge in [0, 0.05) is 44.3 Å². The van der Waals surface area contributed by atoms with Crippen LogP contribution in [0.25, 0.3) is 0 Å². The minimum Gasteiger partial charge on any atom is -0.346 e. The van der Waals surface area contributed by atoms with E-state index in [1.807, 2.05) is 24.7 Å².